The van der Waals surface area contributed by atoms with Gasteiger partial charge in [-0.25, -0.2) is 17.6 Å². The van der Waals surface area contributed by atoms with Crippen LogP contribution in [0.1, 0.15) is 289 Å². The summed E-state index contributed by atoms with van der Waals surface area (Å²) in [6.07, 6.45) is 25.7. The molecular formula is C115H148F4N8O14. The van der Waals surface area contributed by atoms with Gasteiger partial charge in [0.15, 0.2) is 0 Å². The van der Waals surface area contributed by atoms with E-state index < -0.39 is 62.9 Å². The largest absolute Gasteiger partial charge is 0.481 e. The number of anilines is 8. The topological polar surface area (TPSA) is 297 Å². The number of rotatable bonds is 38. The molecule has 141 heavy (non-hydrogen) atoms. The van der Waals surface area contributed by atoms with Crippen LogP contribution in [0.5, 0.6) is 0 Å². The summed E-state index contributed by atoms with van der Waals surface area (Å²) >= 11 is 0. The van der Waals surface area contributed by atoms with Crippen LogP contribution < -0.4 is 40.9 Å². The van der Waals surface area contributed by atoms with Crippen molar-refractivity contribution < 1.29 is 85.8 Å². The number of aliphatic hydroxyl groups is 1. The molecule has 0 bridgehead atoms. The Bertz CT molecular complexity index is 5680. The molecule has 0 unspecified atom stereocenters. The highest BCUT2D eigenvalue weighted by Crippen LogP contribution is 2.52. The van der Waals surface area contributed by atoms with Crippen LogP contribution in [0.3, 0.4) is 0 Å². The van der Waals surface area contributed by atoms with E-state index in [4.69, 9.17) is 9.47 Å². The summed E-state index contributed by atoms with van der Waals surface area (Å²) in [7, 11) is 1.67. The number of amides is 4. The highest BCUT2D eigenvalue weighted by Gasteiger charge is 2.50. The van der Waals surface area contributed by atoms with Crippen molar-refractivity contribution in [3.8, 4) is 0 Å². The first-order valence-electron chi connectivity index (χ1n) is 51.1. The molecular weight excluding hydrogens is 1790 g/mol. The first kappa shape index (κ1) is 108. The molecule has 0 spiro atoms. The number of hydrogen-bond donors (Lipinski definition) is 8. The van der Waals surface area contributed by atoms with Crippen LogP contribution in [0.25, 0.3) is 0 Å². The van der Waals surface area contributed by atoms with Gasteiger partial charge in [0.05, 0.1) is 99.6 Å². The maximum Gasteiger partial charge on any atom is 0.314 e. The number of halogens is 4. The molecule has 0 heterocycles. The third kappa shape index (κ3) is 27.4. The van der Waals surface area contributed by atoms with Crippen molar-refractivity contribution in [3.05, 3.63) is 236 Å². The van der Waals surface area contributed by atoms with E-state index in [-0.39, 0.29) is 61.0 Å². The Labute approximate surface area is 830 Å². The van der Waals surface area contributed by atoms with Crippen LogP contribution in [-0.2, 0) is 95.4 Å². The van der Waals surface area contributed by atoms with E-state index in [0.717, 1.165) is 153 Å². The summed E-state index contributed by atoms with van der Waals surface area (Å²) < 4.78 is 68.6. The molecule has 0 atom stereocenters. The van der Waals surface area contributed by atoms with Crippen molar-refractivity contribution in [2.45, 2.75) is 321 Å². The second-order valence-electron chi connectivity index (χ2n) is 42.0. The Morgan fingerprint density at radius 3 is 0.986 bits per heavy atom. The molecule has 7 fully saturated rings. The molecule has 0 radical (unpaired) electrons. The van der Waals surface area contributed by atoms with E-state index in [1.807, 2.05) is 92.4 Å². The number of hydrogen-bond acceptors (Lipinski definition) is 15. The monoisotopic (exact) mass is 1940 g/mol. The molecule has 7 saturated carbocycles. The number of nitrogens with one attached hydrogen (secondary N) is 4. The predicted octanol–water partition coefficient (Wildman–Crippen LogP) is 23.3. The van der Waals surface area contributed by atoms with Gasteiger partial charge in [-0.3, -0.25) is 38.4 Å². The third-order valence-corrected chi connectivity index (χ3v) is 29.7. The number of carboxylic acids is 3. The van der Waals surface area contributed by atoms with Crippen molar-refractivity contribution >= 4 is 93.5 Å². The van der Waals surface area contributed by atoms with Gasteiger partial charge in [0, 0.05) is 58.0 Å². The SMILES string of the molecule is CCN(c1ccc(C2(C(=O)O)CCC2)cc1NC(=O)Cc1ccc(C)cc1F)C1CCCCC1.COCCN(c1ccc(C2(C(=O)O)CCC2)cc1NC(=O)Cc1ccc(C)cc1F)C1CCCCC1.Cc1ccc(CC(=O)Nc2cc(C3(C(=O)O)CCC3)ccc2N(CC(C)C)CC(C)(C)O)c(F)c1.Cc1ccc(CC(=O)Nc2cc(C3(OC=O)CCC3)ccc2N(CC(C)C)C2CCCCC2)c(F)c1. The van der Waals surface area contributed by atoms with Crippen LogP contribution in [0, 0.1) is 62.8 Å². The number of carboxylic acid groups (broad SMARTS) is 3. The molecule has 7 aliphatic rings. The lowest BCUT2D eigenvalue weighted by atomic mass is 9.64. The lowest BCUT2D eigenvalue weighted by molar-refractivity contribution is -0.155. The highest BCUT2D eigenvalue weighted by atomic mass is 19.1. The predicted molar refractivity (Wildman–Crippen MR) is 550 cm³/mol. The zero-order chi connectivity index (χ0) is 102. The van der Waals surface area contributed by atoms with Crippen molar-refractivity contribution in [1.29, 1.82) is 0 Å². The number of benzene rings is 8. The first-order valence-corrected chi connectivity index (χ1v) is 51.1. The van der Waals surface area contributed by atoms with Crippen LogP contribution in [0.15, 0.2) is 146 Å². The molecule has 0 saturated heterocycles. The molecule has 0 aliphatic heterocycles. The molecule has 4 amide bonds. The Kier molecular flexibility index (Phi) is 37.5. The molecule has 15 rings (SSSR count). The highest BCUT2D eigenvalue weighted by molar-refractivity contribution is 6.00. The fraction of sp³-hybridized carbons (Fsp3) is 0.513. The number of nitrogens with zero attached hydrogens (tertiary/aromatic N) is 4. The van der Waals surface area contributed by atoms with E-state index in [0.29, 0.717) is 157 Å². The molecule has 8 N–H and O–H groups in total. The second kappa shape index (κ2) is 48.9. The molecule has 0 aromatic heterocycles. The Balaban J connectivity index is 0.000000168. The lowest BCUT2D eigenvalue weighted by Crippen LogP contribution is -2.43. The van der Waals surface area contributed by atoms with E-state index >= 15 is 0 Å². The summed E-state index contributed by atoms with van der Waals surface area (Å²) in [5.74, 6) is -4.66. The average molecular weight is 1940 g/mol. The normalized spacial score (nSPS) is 16.8. The molecule has 8 aromatic rings. The van der Waals surface area contributed by atoms with Gasteiger partial charge in [-0.1, -0.05) is 178 Å². The van der Waals surface area contributed by atoms with E-state index in [1.54, 1.807) is 76.4 Å². The molecule has 22 nitrogen and oxygen atoms in total. The van der Waals surface area contributed by atoms with Crippen molar-refractivity contribution in [2.24, 2.45) is 11.8 Å². The van der Waals surface area contributed by atoms with Crippen molar-refractivity contribution in [1.82, 2.24) is 0 Å². The number of ether oxygens (including phenoxy) is 2. The number of methoxy groups -OCH3 is 1. The van der Waals surface area contributed by atoms with Gasteiger partial charge in [-0.2, -0.15) is 0 Å². The zero-order valence-corrected chi connectivity index (χ0v) is 84.7. The number of aliphatic carboxylic acids is 3. The van der Waals surface area contributed by atoms with Gasteiger partial charge in [-0.05, 0) is 296 Å². The van der Waals surface area contributed by atoms with Crippen molar-refractivity contribution in [3.63, 3.8) is 0 Å². The van der Waals surface area contributed by atoms with Crippen molar-refractivity contribution in [2.75, 3.05) is 87.3 Å². The minimum Gasteiger partial charge on any atom is -0.481 e. The summed E-state index contributed by atoms with van der Waals surface area (Å²) in [5.41, 5.74) is 8.99. The number of carbonyl (C=O) groups excluding carboxylic acids is 5. The molecule has 8 aromatic carbocycles. The van der Waals surface area contributed by atoms with E-state index in [1.165, 1.54) is 69.2 Å². The van der Waals surface area contributed by atoms with Crippen LogP contribution in [0.4, 0.5) is 63.1 Å². The minimum absolute atomic E-state index is 0.0423. The second-order valence-corrected chi connectivity index (χ2v) is 42.0. The molecule has 26 heteroatoms. The van der Waals surface area contributed by atoms with Crippen LogP contribution in [-0.4, -0.2) is 139 Å². The summed E-state index contributed by atoms with van der Waals surface area (Å²) in [6, 6.07) is 43.5. The maximum atomic E-state index is 14.5. The summed E-state index contributed by atoms with van der Waals surface area (Å²) in [5, 5.41) is 52.5. The number of carbonyl (C=O) groups is 8. The maximum absolute atomic E-state index is 14.5. The molecule has 760 valence electrons. The van der Waals surface area contributed by atoms with Crippen LogP contribution in [0.2, 0.25) is 0 Å². The summed E-state index contributed by atoms with van der Waals surface area (Å²) in [6.45, 7) is 25.7. The quantitative estimate of drug-likeness (QED) is 0.0132. The fourth-order valence-corrected chi connectivity index (χ4v) is 21.4. The van der Waals surface area contributed by atoms with Crippen LogP contribution >= 0.6 is 0 Å². The number of aryl methyl sites for hydroxylation is 4. The average Bonchev–Trinajstić information content (AvgIpc) is 0.766. The minimum atomic E-state index is -0.990. The smallest absolute Gasteiger partial charge is 0.314 e. The standard InChI is InChI=1S/C30H39FN2O3.C29H37FN2O4.C28H37FN2O4.C28H35FN2O3/c1-21(2)19-33(25-8-5-4-6-9-25)28-13-12-24(30(36-20-34)14-7-15-30)18-27(28)32-29(35)17-23-11-10-22(3)16-26(23)31;1-20-9-10-21(24(30)17-20)18-27(33)31-25-19-22(29(28(34)35)13-6-14-29)11-12-26(25)32(15-16-36-2)23-7-4-3-5-8-23;1-18(2)16-31(17-27(4,5)35)24-10-9-21(28(26(33)34)11-6-12-28)15-23(24)30-25(32)14-20-8-7-19(3)13-22(20)29;1-3-31(22-8-5-4-6-9-22)25-13-12-21(28(27(33)34)14-7-15-28)18-24(25)30-26(32)17-20-11-10-19(2)16-23(20)29/h10-13,16,18,20-21,25H,4-9,14-15,17,19H2,1-3H3,(H,32,35);9-12,17,19,23H,3-8,13-16,18H2,1-2H3,(H,31,33)(H,34,35);7-10,13,15,18,35H,6,11-12,14,16-17H2,1-5H3,(H,30,32)(H,33,34);10-13,16,18,22H,3-9,14-15,17H2,1-2H3,(H,30,32)(H,33,34). The van der Waals surface area contributed by atoms with E-state index in [2.05, 4.69) is 76.7 Å². The van der Waals surface area contributed by atoms with Gasteiger partial charge < -0.3 is 70.8 Å². The van der Waals surface area contributed by atoms with Gasteiger partial charge >= 0.3 is 17.9 Å². The van der Waals surface area contributed by atoms with Gasteiger partial charge in [-0.15, -0.1) is 0 Å². The lowest BCUT2D eigenvalue weighted by Gasteiger charge is -2.42. The zero-order valence-electron chi connectivity index (χ0n) is 84.7. The fourth-order valence-electron chi connectivity index (χ4n) is 21.4. The van der Waals surface area contributed by atoms with Gasteiger partial charge in [0.1, 0.15) is 28.9 Å². The van der Waals surface area contributed by atoms with Gasteiger partial charge in [0.2, 0.25) is 23.6 Å². The van der Waals surface area contributed by atoms with E-state index in [9.17, 15) is 76.3 Å². The summed E-state index contributed by atoms with van der Waals surface area (Å²) in [4.78, 5) is 109. The Hall–Kier alpha value is -11.6. The first-order chi connectivity index (χ1) is 67.3. The Morgan fingerprint density at radius 2 is 0.702 bits per heavy atom. The van der Waals surface area contributed by atoms with Gasteiger partial charge in [0.25, 0.3) is 6.47 Å². The Morgan fingerprint density at radius 1 is 0.404 bits per heavy atom. The third-order valence-electron chi connectivity index (χ3n) is 29.7. The molecule has 7 aliphatic carbocycles.